The summed E-state index contributed by atoms with van der Waals surface area (Å²) in [4.78, 5) is 8.56. The first kappa shape index (κ1) is 22.5. The Morgan fingerprint density at radius 2 is 1.25 bits per heavy atom. The largest absolute Gasteiger partial charge is 0.503 e. The van der Waals surface area contributed by atoms with Crippen LogP contribution in [0.5, 0.6) is 0 Å². The summed E-state index contributed by atoms with van der Waals surface area (Å²) in [5.41, 5.74) is 0. The maximum Gasteiger partial charge on any atom is 0.503 e. The van der Waals surface area contributed by atoms with Crippen LogP contribution in [0.1, 0.15) is 0 Å². The van der Waals surface area contributed by atoms with Crippen LogP contribution in [0.15, 0.2) is 0 Å². The molecule has 0 aliphatic heterocycles. The molecule has 0 fully saturated rings. The normalized spacial score (nSPS) is 7.00. The van der Waals surface area contributed by atoms with Gasteiger partial charge in [0, 0.05) is 0 Å². The molecule has 0 aromatic rings. The standard InChI is InChI=1S/C3H8O3.CH2O3.2H3N/c4-1-3(6)2-5;2-1(3)4;;/h3-6H,1-2H2;(H2,2,3,4);2*1H3. The summed E-state index contributed by atoms with van der Waals surface area (Å²) in [7, 11) is 0. The van der Waals surface area contributed by atoms with Crippen molar-refractivity contribution in [2.24, 2.45) is 0 Å². The second kappa shape index (κ2) is 16.6. The van der Waals surface area contributed by atoms with Crippen molar-refractivity contribution in [3.8, 4) is 0 Å². The molecule has 0 unspecified atom stereocenters. The number of carbonyl (C=O) groups is 1. The molecule has 8 nitrogen and oxygen atoms in total. The Hall–Kier alpha value is -0.930. The van der Waals surface area contributed by atoms with Crippen LogP contribution in [0.4, 0.5) is 4.79 Å². The smallest absolute Gasteiger partial charge is 0.450 e. The molecule has 0 saturated carbocycles. The van der Waals surface area contributed by atoms with Gasteiger partial charge in [-0.15, -0.1) is 0 Å². The van der Waals surface area contributed by atoms with Crippen LogP contribution in [0.3, 0.4) is 0 Å². The Balaban J connectivity index is -0.0000000483. The SMILES string of the molecule is N.N.O=C(O)O.OCC(O)CO. The molecule has 0 amide bonds. The van der Waals surface area contributed by atoms with E-state index >= 15 is 0 Å². The molecule has 8 heteroatoms. The topological polar surface area (TPSA) is 188 Å². The van der Waals surface area contributed by atoms with Gasteiger partial charge in [0.15, 0.2) is 0 Å². The third kappa shape index (κ3) is 62.7. The fourth-order valence-corrected chi connectivity index (χ4v) is 0.0577. The molecule has 0 atom stereocenters. The van der Waals surface area contributed by atoms with Gasteiger partial charge in [-0.2, -0.15) is 0 Å². The average molecular weight is 188 g/mol. The minimum Gasteiger partial charge on any atom is -0.450 e. The number of rotatable bonds is 2. The zero-order chi connectivity index (χ0) is 8.57. The number of hydrogen-bond acceptors (Lipinski definition) is 6. The maximum absolute atomic E-state index is 8.56. The van der Waals surface area contributed by atoms with E-state index in [1.807, 2.05) is 0 Å². The van der Waals surface area contributed by atoms with Crippen LogP contribution in [-0.2, 0) is 0 Å². The summed E-state index contributed by atoms with van der Waals surface area (Å²) in [6, 6.07) is 0. The molecule has 0 rings (SSSR count). The first-order valence-corrected chi connectivity index (χ1v) is 2.36. The van der Waals surface area contributed by atoms with Crippen molar-refractivity contribution in [3.63, 3.8) is 0 Å². The average Bonchev–Trinajstić information content (AvgIpc) is 1.85. The number of carboxylic acid groups (broad SMARTS) is 2. The Labute approximate surface area is 69.2 Å². The third-order valence-electron chi connectivity index (χ3n) is 0.421. The Kier molecular flexibility index (Phi) is 31.0. The molecule has 0 aromatic heterocycles. The van der Waals surface area contributed by atoms with E-state index in [0.29, 0.717) is 0 Å². The highest BCUT2D eigenvalue weighted by atomic mass is 16.6. The van der Waals surface area contributed by atoms with Gasteiger partial charge in [0.05, 0.1) is 13.2 Å². The van der Waals surface area contributed by atoms with E-state index in [9.17, 15) is 0 Å². The summed E-state index contributed by atoms with van der Waals surface area (Å²) in [6.07, 6.45) is -2.79. The summed E-state index contributed by atoms with van der Waals surface area (Å²) >= 11 is 0. The minimum atomic E-state index is -1.83. The highest BCUT2D eigenvalue weighted by Crippen LogP contribution is 1.71. The van der Waals surface area contributed by atoms with Gasteiger partial charge in [-0.1, -0.05) is 0 Å². The zero-order valence-corrected chi connectivity index (χ0v) is 6.55. The van der Waals surface area contributed by atoms with Crippen molar-refractivity contribution >= 4 is 6.16 Å². The van der Waals surface area contributed by atoms with Crippen LogP contribution in [0.25, 0.3) is 0 Å². The van der Waals surface area contributed by atoms with Gasteiger partial charge in [-0.3, -0.25) is 0 Å². The van der Waals surface area contributed by atoms with E-state index in [4.69, 9.17) is 30.3 Å². The fourth-order valence-electron chi connectivity index (χ4n) is 0.0577. The molecule has 12 heavy (non-hydrogen) atoms. The van der Waals surface area contributed by atoms with Crippen molar-refractivity contribution in [2.75, 3.05) is 13.2 Å². The van der Waals surface area contributed by atoms with Crippen molar-refractivity contribution in [1.82, 2.24) is 12.3 Å². The number of aliphatic hydroxyl groups excluding tert-OH is 3. The second-order valence-electron chi connectivity index (χ2n) is 1.30. The van der Waals surface area contributed by atoms with Crippen molar-refractivity contribution in [1.29, 1.82) is 0 Å². The van der Waals surface area contributed by atoms with Gasteiger partial charge in [0.1, 0.15) is 6.10 Å². The van der Waals surface area contributed by atoms with Crippen LogP contribution in [-0.4, -0.2) is 51.0 Å². The molecule has 0 aliphatic carbocycles. The summed E-state index contributed by atoms with van der Waals surface area (Å²) in [5.74, 6) is 0. The van der Waals surface area contributed by atoms with Crippen molar-refractivity contribution < 1.29 is 30.3 Å². The minimum absolute atomic E-state index is 0. The predicted octanol–water partition coefficient (Wildman–Crippen LogP) is -1.12. The molecule has 78 valence electrons. The molecule has 11 N–H and O–H groups in total. The highest BCUT2D eigenvalue weighted by molar-refractivity contribution is 5.53. The molecule has 0 heterocycles. The van der Waals surface area contributed by atoms with Crippen LogP contribution in [0.2, 0.25) is 0 Å². The lowest BCUT2D eigenvalue weighted by Gasteiger charge is -1.96. The monoisotopic (exact) mass is 188 g/mol. The lowest BCUT2D eigenvalue weighted by atomic mass is 10.4. The van der Waals surface area contributed by atoms with Gasteiger partial charge in [0.2, 0.25) is 0 Å². The van der Waals surface area contributed by atoms with E-state index < -0.39 is 12.3 Å². The quantitative estimate of drug-likeness (QED) is 0.283. The lowest BCUT2D eigenvalue weighted by molar-refractivity contribution is 0.0450. The molecular formula is C4H16N2O6. The van der Waals surface area contributed by atoms with Crippen molar-refractivity contribution in [2.45, 2.75) is 6.10 Å². The Morgan fingerprint density at radius 3 is 1.25 bits per heavy atom. The van der Waals surface area contributed by atoms with Gasteiger partial charge in [-0.25, -0.2) is 4.79 Å². The Morgan fingerprint density at radius 1 is 1.08 bits per heavy atom. The molecule has 0 aromatic carbocycles. The first-order chi connectivity index (χ1) is 4.54. The molecule has 0 spiro atoms. The molecular weight excluding hydrogens is 172 g/mol. The number of aliphatic hydroxyl groups is 3. The summed E-state index contributed by atoms with van der Waals surface area (Å²) in [6.45, 7) is -0.729. The van der Waals surface area contributed by atoms with E-state index in [0.717, 1.165) is 0 Å². The van der Waals surface area contributed by atoms with E-state index in [2.05, 4.69) is 0 Å². The highest BCUT2D eigenvalue weighted by Gasteiger charge is 1.93. The molecule has 0 saturated heterocycles. The van der Waals surface area contributed by atoms with Crippen LogP contribution in [0, 0.1) is 0 Å². The van der Waals surface area contributed by atoms with E-state index in [1.165, 1.54) is 0 Å². The third-order valence-corrected chi connectivity index (χ3v) is 0.421. The van der Waals surface area contributed by atoms with Gasteiger partial charge < -0.3 is 37.8 Å². The van der Waals surface area contributed by atoms with Gasteiger partial charge in [0.25, 0.3) is 0 Å². The molecule has 0 radical (unpaired) electrons. The predicted molar refractivity (Wildman–Crippen MR) is 40.9 cm³/mol. The van der Waals surface area contributed by atoms with Crippen LogP contribution >= 0.6 is 0 Å². The lowest BCUT2D eigenvalue weighted by Crippen LogP contribution is -2.15. The van der Waals surface area contributed by atoms with Gasteiger partial charge >= 0.3 is 6.16 Å². The Bertz CT molecular complexity index is 81.6. The van der Waals surface area contributed by atoms with Crippen molar-refractivity contribution in [3.05, 3.63) is 0 Å². The van der Waals surface area contributed by atoms with Crippen LogP contribution < -0.4 is 12.3 Å². The number of hydrogen-bond donors (Lipinski definition) is 7. The maximum atomic E-state index is 8.56. The molecule has 0 bridgehead atoms. The first-order valence-electron chi connectivity index (χ1n) is 2.36. The summed E-state index contributed by atoms with van der Waals surface area (Å²) < 4.78 is 0. The van der Waals surface area contributed by atoms with E-state index in [-0.39, 0.29) is 25.5 Å². The second-order valence-corrected chi connectivity index (χ2v) is 1.30. The zero-order valence-electron chi connectivity index (χ0n) is 6.55. The summed E-state index contributed by atoms with van der Waals surface area (Å²) in [5, 5.41) is 38.0. The fraction of sp³-hybridized carbons (Fsp3) is 0.750. The van der Waals surface area contributed by atoms with E-state index in [1.54, 1.807) is 0 Å². The van der Waals surface area contributed by atoms with Gasteiger partial charge in [-0.05, 0) is 0 Å². The molecule has 0 aliphatic rings.